The van der Waals surface area contributed by atoms with Gasteiger partial charge in [-0.3, -0.25) is 8.61 Å². The van der Waals surface area contributed by atoms with Crippen molar-refractivity contribution in [2.45, 2.75) is 37.0 Å². The molecule has 1 aliphatic heterocycles. The highest BCUT2D eigenvalue weighted by Crippen LogP contribution is 2.30. The predicted molar refractivity (Wildman–Crippen MR) is 136 cm³/mol. The van der Waals surface area contributed by atoms with Gasteiger partial charge in [-0.2, -0.15) is 0 Å². The van der Waals surface area contributed by atoms with E-state index < -0.39 is 15.3 Å². The van der Waals surface area contributed by atoms with E-state index in [1.165, 1.54) is 18.4 Å². The SMILES string of the molecule is C=S(C)(=O)c1ccc(Nc2nccn3c(C4CCN(c5ncc(CC)cn5)CC4)nnc23)c(F)c1. The second-order valence-corrected chi connectivity index (χ2v) is 11.3. The molecular weight excluding hydrogens is 467 g/mol. The molecular formula is C24H27FN8OS. The van der Waals surface area contributed by atoms with Crippen molar-refractivity contribution < 1.29 is 8.60 Å². The molecule has 1 saturated heterocycles. The maximum atomic E-state index is 14.7. The molecule has 3 aromatic heterocycles. The van der Waals surface area contributed by atoms with Crippen molar-refractivity contribution in [3.8, 4) is 0 Å². The quantitative estimate of drug-likeness (QED) is 0.407. The van der Waals surface area contributed by atoms with Crippen LogP contribution in [0.5, 0.6) is 0 Å². The first-order valence-electron chi connectivity index (χ1n) is 11.5. The molecule has 1 N–H and O–H groups in total. The topological polar surface area (TPSA) is 101 Å². The van der Waals surface area contributed by atoms with Crippen LogP contribution in [0.4, 0.5) is 21.8 Å². The van der Waals surface area contributed by atoms with E-state index in [1.807, 2.05) is 23.0 Å². The number of halogens is 1. The molecule has 5 rings (SSSR count). The maximum absolute atomic E-state index is 14.7. The molecule has 35 heavy (non-hydrogen) atoms. The van der Waals surface area contributed by atoms with Crippen LogP contribution in [0.15, 0.2) is 47.9 Å². The normalized spacial score (nSPS) is 16.4. The van der Waals surface area contributed by atoms with Crippen LogP contribution in [0.25, 0.3) is 5.65 Å². The molecule has 0 saturated carbocycles. The minimum absolute atomic E-state index is 0.213. The second-order valence-electron chi connectivity index (χ2n) is 8.81. The van der Waals surface area contributed by atoms with Crippen LogP contribution < -0.4 is 10.2 Å². The fourth-order valence-electron chi connectivity index (χ4n) is 4.24. The van der Waals surface area contributed by atoms with Crippen molar-refractivity contribution >= 4 is 38.5 Å². The first kappa shape index (κ1) is 23.2. The molecule has 4 aromatic rings. The van der Waals surface area contributed by atoms with Crippen LogP contribution in [0.2, 0.25) is 0 Å². The van der Waals surface area contributed by atoms with E-state index in [2.05, 4.69) is 48.2 Å². The summed E-state index contributed by atoms with van der Waals surface area (Å²) in [6.45, 7) is 3.74. The van der Waals surface area contributed by atoms with Crippen LogP contribution in [-0.2, 0) is 15.9 Å². The summed E-state index contributed by atoms with van der Waals surface area (Å²) in [6, 6.07) is 4.37. The molecule has 0 radical (unpaired) electrons. The Hall–Kier alpha value is -3.60. The fraction of sp³-hybridized carbons (Fsp3) is 0.333. The number of benzene rings is 1. The largest absolute Gasteiger partial charge is 0.341 e. The van der Waals surface area contributed by atoms with Gasteiger partial charge >= 0.3 is 0 Å². The Kier molecular flexibility index (Phi) is 6.10. The fourth-order valence-corrected chi connectivity index (χ4v) is 4.94. The third-order valence-electron chi connectivity index (χ3n) is 6.29. The van der Waals surface area contributed by atoms with Gasteiger partial charge in [0, 0.05) is 54.9 Å². The average Bonchev–Trinajstić information content (AvgIpc) is 3.30. The number of anilines is 3. The molecule has 182 valence electrons. The number of aromatic nitrogens is 6. The van der Waals surface area contributed by atoms with Crippen LogP contribution in [0, 0.1) is 5.82 Å². The first-order chi connectivity index (χ1) is 16.8. The highest BCUT2D eigenvalue weighted by molar-refractivity contribution is 7.99. The summed E-state index contributed by atoms with van der Waals surface area (Å²) < 4.78 is 28.7. The van der Waals surface area contributed by atoms with Gasteiger partial charge in [0.2, 0.25) is 11.6 Å². The molecule has 1 fully saturated rings. The number of hydrogen-bond acceptors (Lipinski definition) is 8. The predicted octanol–water partition coefficient (Wildman–Crippen LogP) is 3.45. The molecule has 11 heteroatoms. The van der Waals surface area contributed by atoms with E-state index >= 15 is 0 Å². The van der Waals surface area contributed by atoms with Gasteiger partial charge in [0.25, 0.3) is 0 Å². The highest BCUT2D eigenvalue weighted by Gasteiger charge is 2.26. The Morgan fingerprint density at radius 1 is 1.17 bits per heavy atom. The Balaban J connectivity index is 1.34. The van der Waals surface area contributed by atoms with E-state index in [4.69, 9.17) is 0 Å². The number of hydrogen-bond donors (Lipinski definition) is 1. The van der Waals surface area contributed by atoms with Crippen molar-refractivity contribution in [3.05, 3.63) is 60.2 Å². The van der Waals surface area contributed by atoms with E-state index in [1.54, 1.807) is 12.3 Å². The monoisotopic (exact) mass is 494 g/mol. The van der Waals surface area contributed by atoms with Gasteiger partial charge in [0.1, 0.15) is 11.6 Å². The summed E-state index contributed by atoms with van der Waals surface area (Å²) >= 11 is 0. The Morgan fingerprint density at radius 2 is 1.91 bits per heavy atom. The molecule has 0 amide bonds. The minimum Gasteiger partial charge on any atom is -0.341 e. The average molecular weight is 495 g/mol. The van der Waals surface area contributed by atoms with Gasteiger partial charge in [-0.25, -0.2) is 19.3 Å². The van der Waals surface area contributed by atoms with Crippen LogP contribution in [0.1, 0.15) is 37.1 Å². The maximum Gasteiger partial charge on any atom is 0.225 e. The zero-order valence-electron chi connectivity index (χ0n) is 19.7. The van der Waals surface area contributed by atoms with E-state index in [9.17, 15) is 8.60 Å². The van der Waals surface area contributed by atoms with Gasteiger partial charge < -0.3 is 10.2 Å². The van der Waals surface area contributed by atoms with Gasteiger partial charge in [0.15, 0.2) is 5.82 Å². The van der Waals surface area contributed by atoms with Gasteiger partial charge in [-0.15, -0.1) is 10.2 Å². The highest BCUT2D eigenvalue weighted by atomic mass is 32.2. The standard InChI is InChI=1S/C24H27FN8OS/c1-4-16-14-27-24(28-15-16)32-10-7-17(8-11-32)22-30-31-23-21(26-9-12-33(22)23)29-20-6-5-18(13-19(20)25)35(2,3)34/h5-6,9,12-15,17H,2,4,7-8,10-11H2,1,3H3,(H,26,29). The summed E-state index contributed by atoms with van der Waals surface area (Å²) in [5.74, 6) is 5.30. The van der Waals surface area contributed by atoms with Crippen molar-refractivity contribution in [2.75, 3.05) is 29.6 Å². The Labute approximate surface area is 203 Å². The van der Waals surface area contributed by atoms with Crippen molar-refractivity contribution in [2.24, 2.45) is 0 Å². The summed E-state index contributed by atoms with van der Waals surface area (Å²) in [4.78, 5) is 15.9. The molecule has 0 spiro atoms. The van der Waals surface area contributed by atoms with Gasteiger partial charge in [0.05, 0.1) is 5.69 Å². The molecule has 1 aliphatic rings. The lowest BCUT2D eigenvalue weighted by Crippen LogP contribution is -2.34. The lowest BCUT2D eigenvalue weighted by Gasteiger charge is -2.31. The molecule has 0 bridgehead atoms. The molecule has 1 aromatic carbocycles. The molecule has 1 atom stereocenters. The Bertz CT molecular complexity index is 1460. The zero-order valence-corrected chi connectivity index (χ0v) is 20.5. The minimum atomic E-state index is -2.50. The van der Waals surface area contributed by atoms with E-state index in [0.29, 0.717) is 16.4 Å². The summed E-state index contributed by atoms with van der Waals surface area (Å²) in [5, 5.41) is 11.8. The Morgan fingerprint density at radius 3 is 2.57 bits per heavy atom. The van der Waals surface area contributed by atoms with Crippen LogP contribution in [0.3, 0.4) is 0 Å². The molecule has 0 aliphatic carbocycles. The molecule has 1 unspecified atom stereocenters. The van der Waals surface area contributed by atoms with Crippen LogP contribution >= 0.6 is 0 Å². The third-order valence-corrected chi connectivity index (χ3v) is 7.54. The first-order valence-corrected chi connectivity index (χ1v) is 13.6. The number of piperidine rings is 1. The summed E-state index contributed by atoms with van der Waals surface area (Å²) in [5.41, 5.74) is 1.85. The second kappa shape index (κ2) is 9.21. The molecule has 9 nitrogen and oxygen atoms in total. The zero-order chi connectivity index (χ0) is 24.6. The lowest BCUT2D eigenvalue weighted by molar-refractivity contribution is 0.477. The van der Waals surface area contributed by atoms with Crippen molar-refractivity contribution in [3.63, 3.8) is 0 Å². The third kappa shape index (κ3) is 4.68. The smallest absolute Gasteiger partial charge is 0.225 e. The summed E-state index contributed by atoms with van der Waals surface area (Å²) in [6.07, 6.45) is 11.4. The van der Waals surface area contributed by atoms with Crippen molar-refractivity contribution in [1.82, 2.24) is 29.5 Å². The van der Waals surface area contributed by atoms with E-state index in [-0.39, 0.29) is 11.6 Å². The van der Waals surface area contributed by atoms with E-state index in [0.717, 1.165) is 49.7 Å². The van der Waals surface area contributed by atoms with Gasteiger partial charge in [-0.1, -0.05) is 6.92 Å². The number of aryl methyl sites for hydroxylation is 1. The lowest BCUT2D eigenvalue weighted by atomic mass is 9.96. The van der Waals surface area contributed by atoms with Gasteiger partial charge in [-0.05, 0) is 58.4 Å². The summed E-state index contributed by atoms with van der Waals surface area (Å²) in [7, 11) is -2.50. The number of nitrogens with one attached hydrogen (secondary N) is 1. The number of rotatable bonds is 6. The molecule has 4 heterocycles. The van der Waals surface area contributed by atoms with Crippen molar-refractivity contribution in [1.29, 1.82) is 0 Å². The number of nitrogens with zero attached hydrogens (tertiary/aromatic N) is 7. The number of fused-ring (bicyclic) bond motifs is 1. The van der Waals surface area contributed by atoms with Crippen LogP contribution in [-0.4, -0.2) is 59.0 Å².